The summed E-state index contributed by atoms with van der Waals surface area (Å²) < 4.78 is 0. The van der Waals surface area contributed by atoms with Crippen molar-refractivity contribution < 1.29 is 19.5 Å². The molecule has 1 saturated heterocycles. The molecule has 3 atom stereocenters. The van der Waals surface area contributed by atoms with Crippen molar-refractivity contribution >= 4 is 17.8 Å². The minimum atomic E-state index is -1.04. The van der Waals surface area contributed by atoms with E-state index in [1.54, 1.807) is 20.9 Å². The summed E-state index contributed by atoms with van der Waals surface area (Å²) >= 11 is 0. The third-order valence-electron chi connectivity index (χ3n) is 4.67. The number of carbonyl (C=O) groups is 3. The van der Waals surface area contributed by atoms with Crippen LogP contribution in [0.15, 0.2) is 30.3 Å². The molecule has 7 nitrogen and oxygen atoms in total. The highest BCUT2D eigenvalue weighted by Crippen LogP contribution is 2.22. The predicted molar refractivity (Wildman–Crippen MR) is 97.3 cm³/mol. The highest BCUT2D eigenvalue weighted by atomic mass is 16.4. The molecule has 2 rings (SSSR count). The summed E-state index contributed by atoms with van der Waals surface area (Å²) in [6.45, 7) is 4.76. The maximum Gasteiger partial charge on any atom is 0.326 e. The molecule has 1 aromatic rings. The highest BCUT2D eigenvalue weighted by Gasteiger charge is 2.42. The van der Waals surface area contributed by atoms with E-state index in [1.165, 1.54) is 16.8 Å². The molecular formula is C19H27N3O4. The quantitative estimate of drug-likeness (QED) is 0.696. The molecule has 1 aliphatic rings. The van der Waals surface area contributed by atoms with E-state index >= 15 is 0 Å². The molecule has 1 heterocycles. The van der Waals surface area contributed by atoms with Crippen LogP contribution in [-0.2, 0) is 20.9 Å². The van der Waals surface area contributed by atoms with Crippen LogP contribution in [0, 0.1) is 5.92 Å². The van der Waals surface area contributed by atoms with Gasteiger partial charge in [0.1, 0.15) is 12.1 Å². The van der Waals surface area contributed by atoms with Crippen molar-refractivity contribution in [1.82, 2.24) is 14.7 Å². The number of likely N-dealkylation sites (N-methyl/N-ethyl adjacent to an activating group) is 2. The summed E-state index contributed by atoms with van der Waals surface area (Å²) in [5, 5.41) is 9.30. The van der Waals surface area contributed by atoms with Gasteiger partial charge in [-0.15, -0.1) is 0 Å². The van der Waals surface area contributed by atoms with Gasteiger partial charge < -0.3 is 14.9 Å². The van der Waals surface area contributed by atoms with Crippen molar-refractivity contribution in [3.05, 3.63) is 35.9 Å². The number of benzene rings is 1. The van der Waals surface area contributed by atoms with Gasteiger partial charge in [-0.05, 0) is 11.5 Å². The van der Waals surface area contributed by atoms with Crippen LogP contribution in [0.2, 0.25) is 0 Å². The molecule has 1 aromatic carbocycles. The summed E-state index contributed by atoms with van der Waals surface area (Å²) in [5.41, 5.74) is 1.14. The predicted octanol–water partition coefficient (Wildman–Crippen LogP) is 0.897. The third-order valence-corrected chi connectivity index (χ3v) is 4.67. The zero-order valence-electron chi connectivity index (χ0n) is 15.8. The average molecular weight is 361 g/mol. The van der Waals surface area contributed by atoms with Crippen molar-refractivity contribution in [3.63, 3.8) is 0 Å². The Hall–Kier alpha value is -2.41. The molecule has 26 heavy (non-hydrogen) atoms. The maximum absolute atomic E-state index is 12.5. The Bertz CT molecular complexity index is 662. The van der Waals surface area contributed by atoms with Gasteiger partial charge in [-0.1, -0.05) is 44.2 Å². The van der Waals surface area contributed by atoms with Crippen LogP contribution < -0.4 is 0 Å². The van der Waals surface area contributed by atoms with Crippen LogP contribution in [0.4, 0.5) is 0 Å². The van der Waals surface area contributed by atoms with Crippen LogP contribution in [-0.4, -0.2) is 76.9 Å². The van der Waals surface area contributed by atoms with E-state index < -0.39 is 12.0 Å². The van der Waals surface area contributed by atoms with Gasteiger partial charge in [-0.25, -0.2) is 4.79 Å². The van der Waals surface area contributed by atoms with Crippen molar-refractivity contribution in [2.45, 2.75) is 32.5 Å². The standard InChI is InChI=1S/C19H27N3O4/c1-13(2)17(19(25)26)21(4)16(23)12-20(3)18(24)15-11-22(15)10-14-8-6-5-7-9-14/h5-9,13,15,17H,10-12H2,1-4H3,(H,25,26)/t15-,17+,22?/m1/s1. The molecule has 0 spiro atoms. The average Bonchev–Trinajstić information content (AvgIpc) is 3.33. The SMILES string of the molecule is CC(C)[C@@H](C(=O)O)N(C)C(=O)CN(C)C(=O)[C@H]1CN1Cc1ccccc1. The zero-order valence-corrected chi connectivity index (χ0v) is 15.8. The van der Waals surface area contributed by atoms with Gasteiger partial charge in [0.2, 0.25) is 11.8 Å². The van der Waals surface area contributed by atoms with E-state index in [9.17, 15) is 19.5 Å². The van der Waals surface area contributed by atoms with Gasteiger partial charge in [0, 0.05) is 27.2 Å². The van der Waals surface area contributed by atoms with Gasteiger partial charge in [0.25, 0.3) is 0 Å². The zero-order chi connectivity index (χ0) is 19.4. The lowest BCUT2D eigenvalue weighted by Crippen LogP contribution is -2.49. The van der Waals surface area contributed by atoms with Crippen LogP contribution in [0.1, 0.15) is 19.4 Å². The van der Waals surface area contributed by atoms with Gasteiger partial charge >= 0.3 is 5.97 Å². The number of amides is 2. The maximum atomic E-state index is 12.5. The number of carbonyl (C=O) groups excluding carboxylic acids is 2. The molecule has 0 aromatic heterocycles. The molecule has 1 N–H and O–H groups in total. The molecule has 1 fully saturated rings. The van der Waals surface area contributed by atoms with Gasteiger partial charge in [0.15, 0.2) is 0 Å². The fourth-order valence-electron chi connectivity index (χ4n) is 3.10. The summed E-state index contributed by atoms with van der Waals surface area (Å²) in [6, 6.07) is 8.79. The molecule has 1 unspecified atom stereocenters. The lowest BCUT2D eigenvalue weighted by molar-refractivity contribution is -0.152. The first-order valence-corrected chi connectivity index (χ1v) is 8.73. The first-order chi connectivity index (χ1) is 12.2. The Labute approximate surface area is 154 Å². The minimum Gasteiger partial charge on any atom is -0.480 e. The Morgan fingerprint density at radius 1 is 1.19 bits per heavy atom. The fourth-order valence-corrected chi connectivity index (χ4v) is 3.10. The molecule has 0 saturated carbocycles. The van der Waals surface area contributed by atoms with Gasteiger partial charge in [-0.2, -0.15) is 0 Å². The first-order valence-electron chi connectivity index (χ1n) is 8.73. The Balaban J connectivity index is 1.87. The van der Waals surface area contributed by atoms with Crippen LogP contribution in [0.25, 0.3) is 0 Å². The van der Waals surface area contributed by atoms with E-state index in [1.807, 2.05) is 35.2 Å². The number of carboxylic acid groups (broad SMARTS) is 1. The highest BCUT2D eigenvalue weighted by molar-refractivity contribution is 5.90. The van der Waals surface area contributed by atoms with Gasteiger partial charge in [-0.3, -0.25) is 14.5 Å². The first kappa shape index (κ1) is 19.9. The lowest BCUT2D eigenvalue weighted by atomic mass is 10.0. The third kappa shape index (κ3) is 4.82. The summed E-state index contributed by atoms with van der Waals surface area (Å²) in [7, 11) is 3.05. The molecule has 0 radical (unpaired) electrons. The van der Waals surface area contributed by atoms with Crippen molar-refractivity contribution in [2.75, 3.05) is 27.2 Å². The molecule has 142 valence electrons. The topological polar surface area (TPSA) is 80.9 Å². The molecule has 0 aliphatic carbocycles. The second-order valence-corrected chi connectivity index (χ2v) is 7.16. The van der Waals surface area contributed by atoms with E-state index in [4.69, 9.17) is 0 Å². The van der Waals surface area contributed by atoms with E-state index in [0.717, 1.165) is 5.56 Å². The number of hydrogen-bond acceptors (Lipinski definition) is 4. The molecule has 2 amide bonds. The smallest absolute Gasteiger partial charge is 0.326 e. The number of aliphatic carboxylic acids is 1. The van der Waals surface area contributed by atoms with Crippen molar-refractivity contribution in [3.8, 4) is 0 Å². The van der Waals surface area contributed by atoms with Crippen LogP contribution in [0.5, 0.6) is 0 Å². The van der Waals surface area contributed by atoms with Crippen LogP contribution in [0.3, 0.4) is 0 Å². The normalized spacial score (nSPS) is 19.7. The van der Waals surface area contributed by atoms with Crippen LogP contribution >= 0.6 is 0 Å². The minimum absolute atomic E-state index is 0.112. The summed E-state index contributed by atoms with van der Waals surface area (Å²) in [4.78, 5) is 40.9. The second-order valence-electron chi connectivity index (χ2n) is 7.16. The summed E-state index contributed by atoms with van der Waals surface area (Å²) in [6.07, 6.45) is 0. The number of nitrogens with zero attached hydrogens (tertiary/aromatic N) is 3. The largest absolute Gasteiger partial charge is 0.480 e. The van der Waals surface area contributed by atoms with Crippen molar-refractivity contribution in [1.29, 1.82) is 0 Å². The van der Waals surface area contributed by atoms with Crippen molar-refractivity contribution in [2.24, 2.45) is 5.92 Å². The molecule has 1 aliphatic heterocycles. The number of hydrogen-bond donors (Lipinski definition) is 1. The lowest BCUT2D eigenvalue weighted by Gasteiger charge is -2.29. The Morgan fingerprint density at radius 2 is 1.81 bits per heavy atom. The number of rotatable bonds is 8. The Kier molecular flexibility index (Phi) is 6.37. The second kappa shape index (κ2) is 8.31. The molecular weight excluding hydrogens is 334 g/mol. The monoisotopic (exact) mass is 361 g/mol. The fraction of sp³-hybridized carbons (Fsp3) is 0.526. The Morgan fingerprint density at radius 3 is 2.35 bits per heavy atom. The molecule has 0 bridgehead atoms. The van der Waals surface area contributed by atoms with Gasteiger partial charge in [0.05, 0.1) is 6.54 Å². The summed E-state index contributed by atoms with van der Waals surface area (Å²) in [5.74, 6) is -1.75. The number of carboxylic acids is 1. The molecule has 7 heteroatoms. The van der Waals surface area contributed by atoms with E-state index in [0.29, 0.717) is 13.1 Å². The van der Waals surface area contributed by atoms with E-state index in [2.05, 4.69) is 0 Å². The van der Waals surface area contributed by atoms with E-state index in [-0.39, 0.29) is 30.3 Å².